The normalized spacial score (nSPS) is 20.0. The molecule has 220 valence electrons. The minimum absolute atomic E-state index is 0.0455. The summed E-state index contributed by atoms with van der Waals surface area (Å²) in [7, 11) is 0. The van der Waals surface area contributed by atoms with E-state index in [2.05, 4.69) is 41.1 Å². The van der Waals surface area contributed by atoms with Crippen molar-refractivity contribution in [1.29, 1.82) is 0 Å². The van der Waals surface area contributed by atoms with Crippen molar-refractivity contribution in [3.8, 4) is 0 Å². The van der Waals surface area contributed by atoms with Crippen molar-refractivity contribution < 1.29 is 9.59 Å². The Hall–Kier alpha value is -3.88. The summed E-state index contributed by atoms with van der Waals surface area (Å²) in [6, 6.07) is 23.6. The highest BCUT2D eigenvalue weighted by Gasteiger charge is 2.42. The number of rotatable bonds is 4. The third-order valence-electron chi connectivity index (χ3n) is 8.79. The van der Waals surface area contributed by atoms with Gasteiger partial charge in [0, 0.05) is 54.3 Å². The first-order chi connectivity index (χ1) is 20.8. The number of carbonyl (C=O) groups excluding carboxylic acids is 2. The molecule has 3 heterocycles. The van der Waals surface area contributed by atoms with Gasteiger partial charge < -0.3 is 20.0 Å². The molecular formula is C34H34ClN5O2S. The monoisotopic (exact) mass is 611 g/mol. The number of aromatic nitrogens is 1. The molecule has 1 atom stereocenters. The highest BCUT2D eigenvalue weighted by Crippen LogP contribution is 2.48. The van der Waals surface area contributed by atoms with Gasteiger partial charge in [-0.3, -0.25) is 9.59 Å². The maximum Gasteiger partial charge on any atom is 0.242 e. The number of allylic oxidation sites excluding steroid dienone is 1. The van der Waals surface area contributed by atoms with Crippen LogP contribution in [0.25, 0.3) is 10.1 Å². The number of Topliss-reactive ketones (excluding diaryl/α,β-unsaturated/α-hetero) is 1. The molecule has 43 heavy (non-hydrogen) atoms. The molecule has 9 heteroatoms. The lowest BCUT2D eigenvalue weighted by Gasteiger charge is -2.40. The minimum atomic E-state index is -0.418. The van der Waals surface area contributed by atoms with E-state index >= 15 is 0 Å². The van der Waals surface area contributed by atoms with Gasteiger partial charge in [-0.15, -0.1) is 0 Å². The Morgan fingerprint density at radius 3 is 2.49 bits per heavy atom. The van der Waals surface area contributed by atoms with E-state index in [0.29, 0.717) is 24.5 Å². The molecule has 7 rings (SSSR count). The summed E-state index contributed by atoms with van der Waals surface area (Å²) in [4.78, 5) is 34.3. The van der Waals surface area contributed by atoms with E-state index in [4.69, 9.17) is 16.0 Å². The van der Waals surface area contributed by atoms with Gasteiger partial charge in [-0.05, 0) is 65.3 Å². The average Bonchev–Trinajstić information content (AvgIpc) is 3.37. The fourth-order valence-corrected chi connectivity index (χ4v) is 7.65. The number of fused-ring (bicyclic) bond motifs is 2. The molecule has 0 radical (unpaired) electrons. The van der Waals surface area contributed by atoms with Gasteiger partial charge in [0.15, 0.2) is 5.78 Å². The first-order valence-electron chi connectivity index (χ1n) is 14.8. The Labute approximate surface area is 260 Å². The SMILES string of the molecule is CC1(C)CC(=O)C2=C(C1)Nc1ccccc1N(CC(=O)N1CCN(c3nsc4ccccc34)CC1)C2c1ccc(Cl)cc1. The number of hydrogen-bond donors (Lipinski definition) is 1. The van der Waals surface area contributed by atoms with Gasteiger partial charge in [-0.2, -0.15) is 4.37 Å². The maximum absolute atomic E-state index is 14.1. The van der Waals surface area contributed by atoms with E-state index in [1.165, 1.54) is 16.2 Å². The summed E-state index contributed by atoms with van der Waals surface area (Å²) in [6.07, 6.45) is 1.21. The van der Waals surface area contributed by atoms with Crippen molar-refractivity contribution in [2.45, 2.75) is 32.7 Å². The lowest BCUT2D eigenvalue weighted by molar-refractivity contribution is -0.130. The standard InChI is InChI=1S/C34H34ClN5O2S/c1-34(2)19-26-31(28(41)20-34)32(22-11-13-23(35)14-12-22)40(27-9-5-4-8-25(27)36-26)21-30(42)38-15-17-39(18-16-38)33-24-7-3-6-10-29(24)43-37-33/h3-14,32,36H,15-21H2,1-2H3. The van der Waals surface area contributed by atoms with Crippen LogP contribution in [-0.4, -0.2) is 53.7 Å². The predicted octanol–water partition coefficient (Wildman–Crippen LogP) is 6.91. The van der Waals surface area contributed by atoms with E-state index in [9.17, 15) is 9.59 Å². The van der Waals surface area contributed by atoms with Crippen molar-refractivity contribution in [3.63, 3.8) is 0 Å². The van der Waals surface area contributed by atoms with Gasteiger partial charge in [-0.25, -0.2) is 0 Å². The molecule has 4 aromatic rings. The molecule has 0 bridgehead atoms. The Kier molecular flexibility index (Phi) is 7.14. The minimum Gasteiger partial charge on any atom is -0.357 e. The van der Waals surface area contributed by atoms with Crippen LogP contribution < -0.4 is 15.1 Å². The number of anilines is 3. The summed E-state index contributed by atoms with van der Waals surface area (Å²) in [5.74, 6) is 1.17. The van der Waals surface area contributed by atoms with Crippen LogP contribution in [-0.2, 0) is 9.59 Å². The highest BCUT2D eigenvalue weighted by atomic mass is 35.5. The predicted molar refractivity (Wildman–Crippen MR) is 175 cm³/mol. The molecule has 0 saturated carbocycles. The average molecular weight is 612 g/mol. The largest absolute Gasteiger partial charge is 0.357 e. The molecular weight excluding hydrogens is 578 g/mol. The van der Waals surface area contributed by atoms with Gasteiger partial charge in [0.2, 0.25) is 5.91 Å². The molecule has 1 amide bonds. The second kappa shape index (κ2) is 11.0. The van der Waals surface area contributed by atoms with Crippen LogP contribution in [0.15, 0.2) is 84.1 Å². The second-order valence-electron chi connectivity index (χ2n) is 12.4. The molecule has 1 fully saturated rings. The molecule has 1 saturated heterocycles. The molecule has 3 aliphatic rings. The Morgan fingerprint density at radius 2 is 1.70 bits per heavy atom. The maximum atomic E-state index is 14.1. The number of nitrogens with one attached hydrogen (secondary N) is 1. The zero-order valence-corrected chi connectivity index (χ0v) is 25.9. The number of amides is 1. The number of hydrogen-bond acceptors (Lipinski definition) is 7. The number of halogens is 1. The number of benzene rings is 3. The Morgan fingerprint density at radius 1 is 0.977 bits per heavy atom. The zero-order valence-electron chi connectivity index (χ0n) is 24.3. The Balaban J connectivity index is 1.21. The second-order valence-corrected chi connectivity index (χ2v) is 13.7. The quantitative estimate of drug-likeness (QED) is 0.270. The molecule has 2 aliphatic heterocycles. The summed E-state index contributed by atoms with van der Waals surface area (Å²) in [5.41, 5.74) is 4.28. The van der Waals surface area contributed by atoms with E-state index in [1.807, 2.05) is 65.6 Å². The molecule has 1 aliphatic carbocycles. The van der Waals surface area contributed by atoms with Crippen LogP contribution in [0.4, 0.5) is 17.2 Å². The number of ketones is 1. The van der Waals surface area contributed by atoms with Crippen molar-refractivity contribution in [3.05, 3.63) is 94.7 Å². The van der Waals surface area contributed by atoms with E-state index < -0.39 is 6.04 Å². The molecule has 0 spiro atoms. The van der Waals surface area contributed by atoms with Gasteiger partial charge in [0.25, 0.3) is 0 Å². The zero-order chi connectivity index (χ0) is 29.7. The van der Waals surface area contributed by atoms with Gasteiger partial charge >= 0.3 is 0 Å². The van der Waals surface area contributed by atoms with Gasteiger partial charge in [0.05, 0.1) is 28.7 Å². The van der Waals surface area contributed by atoms with Crippen LogP contribution in [0.1, 0.15) is 38.3 Å². The van der Waals surface area contributed by atoms with Crippen LogP contribution in [0.3, 0.4) is 0 Å². The molecule has 7 nitrogen and oxygen atoms in total. The van der Waals surface area contributed by atoms with Crippen molar-refractivity contribution >= 4 is 62.1 Å². The van der Waals surface area contributed by atoms with Gasteiger partial charge in [-0.1, -0.05) is 61.8 Å². The van der Waals surface area contributed by atoms with Crippen LogP contribution in [0, 0.1) is 5.41 Å². The van der Waals surface area contributed by atoms with E-state index in [-0.39, 0.29) is 23.7 Å². The number of carbonyl (C=O) groups is 2. The first-order valence-corrected chi connectivity index (χ1v) is 15.9. The van der Waals surface area contributed by atoms with Crippen molar-refractivity contribution in [2.75, 3.05) is 47.8 Å². The first kappa shape index (κ1) is 27.9. The van der Waals surface area contributed by atoms with Crippen molar-refractivity contribution in [1.82, 2.24) is 9.27 Å². The Bertz CT molecular complexity index is 1740. The molecule has 3 aromatic carbocycles. The topological polar surface area (TPSA) is 68.8 Å². The third kappa shape index (κ3) is 5.27. The number of piperazine rings is 1. The fourth-order valence-electron chi connectivity index (χ4n) is 6.73. The van der Waals surface area contributed by atoms with Crippen LogP contribution in [0.2, 0.25) is 5.02 Å². The summed E-state index contributed by atoms with van der Waals surface area (Å²) in [5, 5.41) is 5.43. The highest BCUT2D eigenvalue weighted by molar-refractivity contribution is 7.13. The van der Waals surface area contributed by atoms with Gasteiger partial charge in [0.1, 0.15) is 5.82 Å². The number of nitrogens with zero attached hydrogens (tertiary/aromatic N) is 4. The summed E-state index contributed by atoms with van der Waals surface area (Å²) >= 11 is 7.81. The van der Waals surface area contributed by atoms with Crippen LogP contribution >= 0.6 is 23.1 Å². The third-order valence-corrected chi connectivity index (χ3v) is 9.85. The van der Waals surface area contributed by atoms with E-state index in [1.54, 1.807) is 0 Å². The van der Waals surface area contributed by atoms with E-state index in [0.717, 1.165) is 58.9 Å². The molecule has 1 unspecified atom stereocenters. The smallest absolute Gasteiger partial charge is 0.242 e. The number of para-hydroxylation sites is 2. The lowest BCUT2D eigenvalue weighted by atomic mass is 9.73. The summed E-state index contributed by atoms with van der Waals surface area (Å²) < 4.78 is 5.90. The summed E-state index contributed by atoms with van der Waals surface area (Å²) in [6.45, 7) is 7.11. The van der Waals surface area contributed by atoms with Crippen LogP contribution in [0.5, 0.6) is 0 Å². The fraction of sp³-hybridized carbons (Fsp3) is 0.324. The molecule has 1 aromatic heterocycles. The lowest BCUT2D eigenvalue weighted by Crippen LogP contribution is -2.52. The van der Waals surface area contributed by atoms with Crippen molar-refractivity contribution in [2.24, 2.45) is 5.41 Å². The molecule has 1 N–H and O–H groups in total.